The number of carbonyl (C=O) groups is 2. The maximum atomic E-state index is 13.0. The van der Waals surface area contributed by atoms with Gasteiger partial charge in [0.15, 0.2) is 5.78 Å². The molecule has 0 spiro atoms. The normalized spacial score (nSPS) is 20.1. The zero-order valence-electron chi connectivity index (χ0n) is 15.6. The monoisotopic (exact) mass is 362 g/mol. The zero-order chi connectivity index (χ0) is 18.6. The maximum absolute atomic E-state index is 13.0. The number of hydrogen-bond acceptors (Lipinski definition) is 3. The minimum absolute atomic E-state index is 0.0114. The molecule has 2 heterocycles. The molecule has 0 radical (unpaired) electrons. The van der Waals surface area contributed by atoms with Crippen molar-refractivity contribution in [2.75, 3.05) is 26.2 Å². The van der Waals surface area contributed by atoms with Gasteiger partial charge in [-0.1, -0.05) is 42.5 Å². The molecule has 0 saturated carbocycles. The van der Waals surface area contributed by atoms with Crippen LogP contribution in [0.5, 0.6) is 0 Å². The molecule has 2 fully saturated rings. The fourth-order valence-electron chi connectivity index (χ4n) is 4.24. The van der Waals surface area contributed by atoms with Gasteiger partial charge in [-0.2, -0.15) is 0 Å². The summed E-state index contributed by atoms with van der Waals surface area (Å²) in [6, 6.07) is 16.7. The Hall–Kier alpha value is -2.46. The molecule has 2 aliphatic heterocycles. The van der Waals surface area contributed by atoms with Gasteiger partial charge in [0.25, 0.3) is 5.91 Å². The summed E-state index contributed by atoms with van der Waals surface area (Å²) >= 11 is 0. The number of hydrogen-bond donors (Lipinski definition) is 0. The maximum Gasteiger partial charge on any atom is 0.254 e. The van der Waals surface area contributed by atoms with Crippen LogP contribution in [-0.4, -0.2) is 53.7 Å². The van der Waals surface area contributed by atoms with Crippen molar-refractivity contribution in [1.82, 2.24) is 9.80 Å². The van der Waals surface area contributed by atoms with E-state index in [0.717, 1.165) is 39.0 Å². The minimum Gasteiger partial charge on any atom is -0.334 e. The minimum atomic E-state index is -0.0114. The van der Waals surface area contributed by atoms with E-state index in [1.807, 2.05) is 35.2 Å². The van der Waals surface area contributed by atoms with E-state index in [1.165, 1.54) is 12.8 Å². The quantitative estimate of drug-likeness (QED) is 0.763. The summed E-state index contributed by atoms with van der Waals surface area (Å²) in [5.74, 6) is 0.0816. The highest BCUT2D eigenvalue weighted by atomic mass is 16.2. The van der Waals surface area contributed by atoms with Crippen LogP contribution >= 0.6 is 0 Å². The Balaban J connectivity index is 1.45. The van der Waals surface area contributed by atoms with E-state index in [-0.39, 0.29) is 11.7 Å². The Kier molecular flexibility index (Phi) is 5.35. The van der Waals surface area contributed by atoms with Crippen molar-refractivity contribution in [1.29, 1.82) is 0 Å². The lowest BCUT2D eigenvalue weighted by Crippen LogP contribution is -2.42. The molecule has 2 aliphatic rings. The Morgan fingerprint density at radius 3 is 2.11 bits per heavy atom. The number of likely N-dealkylation sites (tertiary alicyclic amines) is 2. The molecule has 0 aromatic heterocycles. The van der Waals surface area contributed by atoms with Gasteiger partial charge in [-0.05, 0) is 50.9 Å². The molecule has 1 atom stereocenters. The molecule has 0 aliphatic carbocycles. The van der Waals surface area contributed by atoms with Crippen LogP contribution in [0.2, 0.25) is 0 Å². The SMILES string of the molecule is O=C(c1ccccc1)c1ccc(C(=O)N2CCCC2CN2CCCC2)cc1. The van der Waals surface area contributed by atoms with E-state index in [0.29, 0.717) is 22.7 Å². The lowest BCUT2D eigenvalue weighted by atomic mass is 10.0. The van der Waals surface area contributed by atoms with Gasteiger partial charge < -0.3 is 9.80 Å². The molecule has 0 bridgehead atoms. The number of amides is 1. The van der Waals surface area contributed by atoms with Crippen molar-refractivity contribution in [3.05, 3.63) is 71.3 Å². The summed E-state index contributed by atoms with van der Waals surface area (Å²) in [5.41, 5.74) is 1.96. The topological polar surface area (TPSA) is 40.6 Å². The third-order valence-corrected chi connectivity index (χ3v) is 5.74. The van der Waals surface area contributed by atoms with E-state index in [2.05, 4.69) is 4.90 Å². The van der Waals surface area contributed by atoms with Crippen LogP contribution < -0.4 is 0 Å². The number of ketones is 1. The van der Waals surface area contributed by atoms with Crippen LogP contribution in [0.3, 0.4) is 0 Å². The second-order valence-electron chi connectivity index (χ2n) is 7.57. The average Bonchev–Trinajstić information content (AvgIpc) is 3.40. The van der Waals surface area contributed by atoms with Gasteiger partial charge in [-0.25, -0.2) is 0 Å². The van der Waals surface area contributed by atoms with Crippen LogP contribution in [0.25, 0.3) is 0 Å². The summed E-state index contributed by atoms with van der Waals surface area (Å²) in [7, 11) is 0. The average molecular weight is 362 g/mol. The smallest absolute Gasteiger partial charge is 0.254 e. The largest absolute Gasteiger partial charge is 0.334 e. The first kappa shape index (κ1) is 17.9. The Morgan fingerprint density at radius 1 is 0.778 bits per heavy atom. The molecule has 27 heavy (non-hydrogen) atoms. The van der Waals surface area contributed by atoms with Crippen molar-refractivity contribution >= 4 is 11.7 Å². The van der Waals surface area contributed by atoms with E-state index < -0.39 is 0 Å². The molecular formula is C23H26N2O2. The van der Waals surface area contributed by atoms with Gasteiger partial charge in [0, 0.05) is 35.8 Å². The van der Waals surface area contributed by atoms with Crippen molar-refractivity contribution in [3.8, 4) is 0 Å². The van der Waals surface area contributed by atoms with Crippen LogP contribution in [0.1, 0.15) is 52.0 Å². The van der Waals surface area contributed by atoms with Crippen molar-refractivity contribution in [2.24, 2.45) is 0 Å². The molecule has 2 saturated heterocycles. The van der Waals surface area contributed by atoms with E-state index in [1.54, 1.807) is 24.3 Å². The van der Waals surface area contributed by atoms with Gasteiger partial charge in [0.1, 0.15) is 0 Å². The molecule has 0 N–H and O–H groups in total. The van der Waals surface area contributed by atoms with Crippen LogP contribution in [0, 0.1) is 0 Å². The second-order valence-corrected chi connectivity index (χ2v) is 7.57. The van der Waals surface area contributed by atoms with Gasteiger partial charge >= 0.3 is 0 Å². The van der Waals surface area contributed by atoms with E-state index >= 15 is 0 Å². The predicted molar refractivity (Wildman–Crippen MR) is 106 cm³/mol. The van der Waals surface area contributed by atoms with E-state index in [9.17, 15) is 9.59 Å². The fourth-order valence-corrected chi connectivity index (χ4v) is 4.24. The van der Waals surface area contributed by atoms with Gasteiger partial charge in [-0.3, -0.25) is 9.59 Å². The summed E-state index contributed by atoms with van der Waals surface area (Å²) in [4.78, 5) is 30.1. The molecule has 4 rings (SSSR count). The van der Waals surface area contributed by atoms with Crippen LogP contribution in [0.15, 0.2) is 54.6 Å². The van der Waals surface area contributed by atoms with Gasteiger partial charge in [-0.15, -0.1) is 0 Å². The lowest BCUT2D eigenvalue weighted by molar-refractivity contribution is 0.0708. The van der Waals surface area contributed by atoms with Gasteiger partial charge in [0.2, 0.25) is 0 Å². The Morgan fingerprint density at radius 2 is 1.41 bits per heavy atom. The fraction of sp³-hybridized carbons (Fsp3) is 0.391. The molecule has 4 heteroatoms. The van der Waals surface area contributed by atoms with Crippen LogP contribution in [0.4, 0.5) is 0 Å². The third kappa shape index (κ3) is 3.96. The lowest BCUT2D eigenvalue weighted by Gasteiger charge is -2.28. The molecule has 2 aromatic rings. The standard InChI is InChI=1S/C23H26N2O2/c26-22(18-7-2-1-3-8-18)19-10-12-20(13-11-19)23(27)25-16-6-9-21(25)17-24-14-4-5-15-24/h1-3,7-8,10-13,21H,4-6,9,14-17H2. The third-order valence-electron chi connectivity index (χ3n) is 5.74. The number of nitrogens with zero attached hydrogens (tertiary/aromatic N) is 2. The Bertz CT molecular complexity index is 795. The summed E-state index contributed by atoms with van der Waals surface area (Å²) < 4.78 is 0. The highest BCUT2D eigenvalue weighted by molar-refractivity contribution is 6.09. The van der Waals surface area contributed by atoms with Crippen LogP contribution in [-0.2, 0) is 0 Å². The zero-order valence-corrected chi connectivity index (χ0v) is 15.6. The highest BCUT2D eigenvalue weighted by Gasteiger charge is 2.31. The first-order valence-electron chi connectivity index (χ1n) is 9.95. The first-order chi connectivity index (χ1) is 13.2. The van der Waals surface area contributed by atoms with E-state index in [4.69, 9.17) is 0 Å². The summed E-state index contributed by atoms with van der Waals surface area (Å²) in [6.07, 6.45) is 4.72. The van der Waals surface area contributed by atoms with Crippen molar-refractivity contribution in [2.45, 2.75) is 31.7 Å². The molecule has 4 nitrogen and oxygen atoms in total. The number of benzene rings is 2. The Labute approximate surface area is 160 Å². The van der Waals surface area contributed by atoms with Gasteiger partial charge in [0.05, 0.1) is 0 Å². The first-order valence-corrected chi connectivity index (χ1v) is 9.95. The molecule has 140 valence electrons. The molecular weight excluding hydrogens is 336 g/mol. The number of carbonyl (C=O) groups excluding carboxylic acids is 2. The highest BCUT2D eigenvalue weighted by Crippen LogP contribution is 2.23. The molecule has 1 unspecified atom stereocenters. The van der Waals surface area contributed by atoms with Crippen molar-refractivity contribution < 1.29 is 9.59 Å². The summed E-state index contributed by atoms with van der Waals surface area (Å²) in [5, 5.41) is 0. The predicted octanol–water partition coefficient (Wildman–Crippen LogP) is 3.62. The molecule has 1 amide bonds. The summed E-state index contributed by atoms with van der Waals surface area (Å²) in [6.45, 7) is 4.15. The molecule has 2 aromatic carbocycles. The second kappa shape index (κ2) is 8.05. The van der Waals surface area contributed by atoms with Crippen molar-refractivity contribution in [3.63, 3.8) is 0 Å². The number of rotatable bonds is 5.